The molecule has 138 valence electrons. The number of benzene rings is 2. The number of carbonyl (C=O) groups is 2. The first kappa shape index (κ1) is 18.1. The zero-order valence-corrected chi connectivity index (χ0v) is 14.8. The maximum atomic E-state index is 12.5. The van der Waals surface area contributed by atoms with E-state index in [9.17, 15) is 19.2 Å². The number of nitrogens with zero attached hydrogens (tertiary/aromatic N) is 1. The number of aromatic amines is 1. The van der Waals surface area contributed by atoms with Crippen LogP contribution in [0.2, 0.25) is 0 Å². The number of carbonyl (C=O) groups excluding carboxylic acids is 2. The summed E-state index contributed by atoms with van der Waals surface area (Å²) in [6.07, 6.45) is 0. The van der Waals surface area contributed by atoms with Crippen LogP contribution in [0.3, 0.4) is 0 Å². The van der Waals surface area contributed by atoms with Gasteiger partial charge in [-0.2, -0.15) is 0 Å². The number of nitrogens with one attached hydrogen (secondary N) is 3. The molecule has 0 fully saturated rings. The molecular weight excluding hydrogens is 348 g/mol. The number of anilines is 2. The van der Waals surface area contributed by atoms with Gasteiger partial charge >= 0.3 is 11.1 Å². The fourth-order valence-corrected chi connectivity index (χ4v) is 2.82. The van der Waals surface area contributed by atoms with E-state index in [0.717, 1.165) is 0 Å². The molecule has 2 aromatic carbocycles. The molecule has 0 aliphatic rings. The molecule has 0 bridgehead atoms. The van der Waals surface area contributed by atoms with Crippen LogP contribution in [0.5, 0.6) is 0 Å². The number of fused-ring (bicyclic) bond motifs is 1. The summed E-state index contributed by atoms with van der Waals surface area (Å²) >= 11 is 0. The lowest BCUT2D eigenvalue weighted by Crippen LogP contribution is -2.36. The quantitative estimate of drug-likeness (QED) is 0.612. The van der Waals surface area contributed by atoms with Gasteiger partial charge in [0, 0.05) is 30.4 Å². The molecule has 0 saturated heterocycles. The highest BCUT2D eigenvalue weighted by Gasteiger charge is 2.11. The molecule has 0 atom stereocenters. The fourth-order valence-electron chi connectivity index (χ4n) is 2.82. The summed E-state index contributed by atoms with van der Waals surface area (Å²) in [6, 6.07) is 11.5. The van der Waals surface area contributed by atoms with E-state index in [0.29, 0.717) is 34.5 Å². The summed E-state index contributed by atoms with van der Waals surface area (Å²) in [6.45, 7) is 3.51. The molecule has 8 heteroatoms. The summed E-state index contributed by atoms with van der Waals surface area (Å²) in [7, 11) is 0. The van der Waals surface area contributed by atoms with Crippen molar-refractivity contribution >= 4 is 34.2 Å². The van der Waals surface area contributed by atoms with Crippen LogP contribution in [0.1, 0.15) is 24.2 Å². The van der Waals surface area contributed by atoms with Gasteiger partial charge in [-0.15, -0.1) is 0 Å². The van der Waals surface area contributed by atoms with Gasteiger partial charge in [-0.1, -0.05) is 6.07 Å². The number of aryl methyl sites for hydroxylation is 1. The Kier molecular flexibility index (Phi) is 4.89. The van der Waals surface area contributed by atoms with E-state index in [1.807, 2.05) is 0 Å². The van der Waals surface area contributed by atoms with Crippen LogP contribution in [0.25, 0.3) is 11.0 Å². The van der Waals surface area contributed by atoms with Crippen LogP contribution in [0, 0.1) is 0 Å². The number of aromatic nitrogens is 2. The molecule has 2 amide bonds. The Labute approximate surface area is 153 Å². The topological polar surface area (TPSA) is 113 Å². The van der Waals surface area contributed by atoms with E-state index in [1.165, 1.54) is 17.6 Å². The van der Waals surface area contributed by atoms with Crippen molar-refractivity contribution in [2.24, 2.45) is 0 Å². The first-order chi connectivity index (χ1) is 12.9. The lowest BCUT2D eigenvalue weighted by Gasteiger charge is -2.10. The van der Waals surface area contributed by atoms with Gasteiger partial charge in [-0.25, -0.2) is 0 Å². The first-order valence-electron chi connectivity index (χ1n) is 8.35. The number of rotatable bonds is 4. The maximum Gasteiger partial charge on any atom is 0.316 e. The van der Waals surface area contributed by atoms with Crippen LogP contribution in [-0.4, -0.2) is 21.4 Å². The molecule has 0 aliphatic heterocycles. The highest BCUT2D eigenvalue weighted by molar-refractivity contribution is 6.06. The van der Waals surface area contributed by atoms with Crippen molar-refractivity contribution in [2.75, 3.05) is 10.6 Å². The molecule has 0 saturated carbocycles. The Morgan fingerprint density at radius 3 is 2.41 bits per heavy atom. The first-order valence-corrected chi connectivity index (χ1v) is 8.35. The van der Waals surface area contributed by atoms with Crippen molar-refractivity contribution in [2.45, 2.75) is 20.4 Å². The van der Waals surface area contributed by atoms with Gasteiger partial charge in [0.25, 0.3) is 5.91 Å². The maximum absolute atomic E-state index is 12.5. The smallest absolute Gasteiger partial charge is 0.316 e. The highest BCUT2D eigenvalue weighted by Crippen LogP contribution is 2.17. The van der Waals surface area contributed by atoms with Gasteiger partial charge in [0.2, 0.25) is 5.91 Å². The standard InChI is InChI=1S/C19H18N4O4/c1-3-23-16-8-7-12(9-15(16)22-18(26)19(23)27)17(25)21-14-6-4-5-13(10-14)20-11(2)24/h4-10H,3H2,1-2H3,(H,20,24)(H,21,25)(H,22,26). The van der Waals surface area contributed by atoms with Crippen LogP contribution >= 0.6 is 0 Å². The van der Waals surface area contributed by atoms with E-state index in [2.05, 4.69) is 15.6 Å². The van der Waals surface area contributed by atoms with Gasteiger partial charge in [0.15, 0.2) is 0 Å². The third kappa shape index (κ3) is 3.79. The molecule has 27 heavy (non-hydrogen) atoms. The number of H-pyrrole nitrogens is 1. The van der Waals surface area contributed by atoms with Gasteiger partial charge in [-0.05, 0) is 43.3 Å². The largest absolute Gasteiger partial charge is 0.326 e. The third-order valence-corrected chi connectivity index (χ3v) is 3.99. The lowest BCUT2D eigenvalue weighted by molar-refractivity contribution is -0.114. The van der Waals surface area contributed by atoms with E-state index < -0.39 is 11.1 Å². The second kappa shape index (κ2) is 7.28. The van der Waals surface area contributed by atoms with E-state index in [-0.39, 0.29) is 11.8 Å². The van der Waals surface area contributed by atoms with Crippen molar-refractivity contribution in [1.82, 2.24) is 9.55 Å². The summed E-state index contributed by atoms with van der Waals surface area (Å²) in [5, 5.41) is 5.38. The van der Waals surface area contributed by atoms with Crippen LogP contribution in [-0.2, 0) is 11.3 Å². The number of hydrogen-bond acceptors (Lipinski definition) is 4. The molecule has 8 nitrogen and oxygen atoms in total. The Balaban J connectivity index is 1.92. The average Bonchev–Trinajstić information content (AvgIpc) is 2.62. The molecule has 1 heterocycles. The predicted octanol–water partition coefficient (Wildman–Crippen LogP) is 1.92. The Morgan fingerprint density at radius 1 is 1.04 bits per heavy atom. The van der Waals surface area contributed by atoms with Crippen molar-refractivity contribution < 1.29 is 9.59 Å². The van der Waals surface area contributed by atoms with Crippen LogP contribution < -0.4 is 21.8 Å². The Bertz CT molecular complexity index is 1160. The SMILES string of the molecule is CCn1c(=O)c(=O)[nH]c2cc(C(=O)Nc3cccc(NC(C)=O)c3)ccc21. The van der Waals surface area contributed by atoms with E-state index in [1.54, 1.807) is 43.3 Å². The van der Waals surface area contributed by atoms with Gasteiger partial charge in [0.1, 0.15) is 0 Å². The van der Waals surface area contributed by atoms with Gasteiger partial charge in [-0.3, -0.25) is 19.2 Å². The molecule has 0 radical (unpaired) electrons. The second-order valence-electron chi connectivity index (χ2n) is 5.95. The van der Waals surface area contributed by atoms with Crippen molar-refractivity contribution in [1.29, 1.82) is 0 Å². The minimum Gasteiger partial charge on any atom is -0.326 e. The molecule has 0 unspecified atom stereocenters. The normalized spacial score (nSPS) is 10.6. The van der Waals surface area contributed by atoms with Gasteiger partial charge < -0.3 is 20.2 Å². The lowest BCUT2D eigenvalue weighted by atomic mass is 10.1. The summed E-state index contributed by atoms with van der Waals surface area (Å²) in [4.78, 5) is 49.9. The molecule has 0 aliphatic carbocycles. The molecule has 1 aromatic heterocycles. The number of amides is 2. The van der Waals surface area contributed by atoms with Crippen molar-refractivity contribution in [3.05, 3.63) is 68.7 Å². The van der Waals surface area contributed by atoms with E-state index in [4.69, 9.17) is 0 Å². The molecule has 0 spiro atoms. The monoisotopic (exact) mass is 366 g/mol. The Hall–Kier alpha value is -3.68. The van der Waals surface area contributed by atoms with E-state index >= 15 is 0 Å². The third-order valence-electron chi connectivity index (χ3n) is 3.99. The van der Waals surface area contributed by atoms with Crippen molar-refractivity contribution in [3.8, 4) is 0 Å². The zero-order chi connectivity index (χ0) is 19.6. The average molecular weight is 366 g/mol. The van der Waals surface area contributed by atoms with Crippen LogP contribution in [0.15, 0.2) is 52.1 Å². The summed E-state index contributed by atoms with van der Waals surface area (Å²) in [5.74, 6) is -0.592. The van der Waals surface area contributed by atoms with Crippen LogP contribution in [0.4, 0.5) is 11.4 Å². The minimum absolute atomic E-state index is 0.209. The molecular formula is C19H18N4O4. The molecule has 3 rings (SSSR count). The Morgan fingerprint density at radius 2 is 1.74 bits per heavy atom. The summed E-state index contributed by atoms with van der Waals surface area (Å²) in [5.41, 5.74) is 0.993. The fraction of sp³-hybridized carbons (Fsp3) is 0.158. The molecule has 3 aromatic rings. The summed E-state index contributed by atoms with van der Waals surface area (Å²) < 4.78 is 1.35. The van der Waals surface area contributed by atoms with Crippen molar-refractivity contribution in [3.63, 3.8) is 0 Å². The predicted molar refractivity (Wildman–Crippen MR) is 103 cm³/mol. The molecule has 3 N–H and O–H groups in total. The number of hydrogen-bond donors (Lipinski definition) is 3. The zero-order valence-electron chi connectivity index (χ0n) is 14.8. The second-order valence-corrected chi connectivity index (χ2v) is 5.95. The highest BCUT2D eigenvalue weighted by atomic mass is 16.2. The minimum atomic E-state index is -0.732. The van der Waals surface area contributed by atoms with Gasteiger partial charge in [0.05, 0.1) is 11.0 Å².